The SMILES string of the molecule is CCNC(=O)NCCc1csc(-n2nc(C)cc2C)n1. The molecule has 2 heterocycles. The van der Waals surface area contributed by atoms with Gasteiger partial charge in [-0.05, 0) is 26.8 Å². The van der Waals surface area contributed by atoms with Crippen LogP contribution in [0.1, 0.15) is 24.0 Å². The zero-order valence-electron chi connectivity index (χ0n) is 11.9. The van der Waals surface area contributed by atoms with E-state index in [0.29, 0.717) is 19.5 Å². The van der Waals surface area contributed by atoms with Crippen molar-refractivity contribution in [1.29, 1.82) is 0 Å². The third kappa shape index (κ3) is 3.57. The molecule has 2 rings (SSSR count). The fourth-order valence-electron chi connectivity index (χ4n) is 1.86. The summed E-state index contributed by atoms with van der Waals surface area (Å²) in [5, 5.41) is 12.8. The van der Waals surface area contributed by atoms with Crippen LogP contribution in [0.4, 0.5) is 4.79 Å². The molecule has 6 nitrogen and oxygen atoms in total. The first-order valence-corrected chi connectivity index (χ1v) is 7.48. The van der Waals surface area contributed by atoms with E-state index in [4.69, 9.17) is 0 Å². The number of carbonyl (C=O) groups is 1. The van der Waals surface area contributed by atoms with E-state index in [9.17, 15) is 4.79 Å². The fourth-order valence-corrected chi connectivity index (χ4v) is 2.72. The number of thiazole rings is 1. The Balaban J connectivity index is 1.93. The smallest absolute Gasteiger partial charge is 0.314 e. The van der Waals surface area contributed by atoms with Crippen LogP contribution in [0.5, 0.6) is 0 Å². The van der Waals surface area contributed by atoms with Crippen LogP contribution >= 0.6 is 11.3 Å². The first-order valence-electron chi connectivity index (χ1n) is 6.60. The van der Waals surface area contributed by atoms with E-state index in [1.165, 1.54) is 0 Å². The van der Waals surface area contributed by atoms with Crippen molar-refractivity contribution in [2.24, 2.45) is 0 Å². The number of hydrogen-bond donors (Lipinski definition) is 2. The highest BCUT2D eigenvalue weighted by molar-refractivity contribution is 7.12. The molecule has 2 aromatic heterocycles. The topological polar surface area (TPSA) is 71.8 Å². The average Bonchev–Trinajstić information content (AvgIpc) is 2.96. The molecule has 0 fully saturated rings. The Morgan fingerprint density at radius 2 is 2.20 bits per heavy atom. The molecule has 2 N–H and O–H groups in total. The predicted molar refractivity (Wildman–Crippen MR) is 79.5 cm³/mol. The summed E-state index contributed by atoms with van der Waals surface area (Å²) >= 11 is 1.56. The molecule has 0 spiro atoms. The largest absolute Gasteiger partial charge is 0.338 e. The van der Waals surface area contributed by atoms with Gasteiger partial charge in [-0.25, -0.2) is 14.5 Å². The number of nitrogens with one attached hydrogen (secondary N) is 2. The van der Waals surface area contributed by atoms with Crippen LogP contribution in [0.3, 0.4) is 0 Å². The molecule has 0 bridgehead atoms. The lowest BCUT2D eigenvalue weighted by Gasteiger charge is -2.03. The Hall–Kier alpha value is -1.89. The molecule has 7 heteroatoms. The van der Waals surface area contributed by atoms with Crippen molar-refractivity contribution < 1.29 is 4.79 Å². The monoisotopic (exact) mass is 293 g/mol. The summed E-state index contributed by atoms with van der Waals surface area (Å²) in [4.78, 5) is 15.8. The average molecular weight is 293 g/mol. The van der Waals surface area contributed by atoms with Gasteiger partial charge in [0, 0.05) is 30.6 Å². The maximum absolute atomic E-state index is 11.3. The summed E-state index contributed by atoms with van der Waals surface area (Å²) in [7, 11) is 0. The molecule has 0 aromatic carbocycles. The van der Waals surface area contributed by atoms with Gasteiger partial charge < -0.3 is 10.6 Å². The Bertz CT molecular complexity index is 589. The molecule has 0 radical (unpaired) electrons. The van der Waals surface area contributed by atoms with Gasteiger partial charge in [0.15, 0.2) is 0 Å². The van der Waals surface area contributed by atoms with Crippen molar-refractivity contribution in [3.8, 4) is 5.13 Å². The third-order valence-corrected chi connectivity index (χ3v) is 3.60. The second kappa shape index (κ2) is 6.51. The Labute approximate surface area is 122 Å². The second-order valence-corrected chi connectivity index (χ2v) is 5.33. The van der Waals surface area contributed by atoms with Crippen LogP contribution < -0.4 is 10.6 Å². The summed E-state index contributed by atoms with van der Waals surface area (Å²) < 4.78 is 1.85. The molecule has 2 aromatic rings. The minimum Gasteiger partial charge on any atom is -0.338 e. The summed E-state index contributed by atoms with van der Waals surface area (Å²) in [6.07, 6.45) is 0.715. The number of amides is 2. The fraction of sp³-hybridized carbons (Fsp3) is 0.462. The van der Waals surface area contributed by atoms with Crippen molar-refractivity contribution in [1.82, 2.24) is 25.4 Å². The molecule has 0 aliphatic rings. The van der Waals surface area contributed by atoms with Crippen LogP contribution in [0.25, 0.3) is 5.13 Å². The lowest BCUT2D eigenvalue weighted by atomic mass is 10.3. The Morgan fingerprint density at radius 3 is 2.85 bits per heavy atom. The van der Waals surface area contributed by atoms with Crippen LogP contribution in [-0.4, -0.2) is 33.9 Å². The molecule has 108 valence electrons. The lowest BCUT2D eigenvalue weighted by Crippen LogP contribution is -2.36. The van der Waals surface area contributed by atoms with E-state index in [-0.39, 0.29) is 6.03 Å². The van der Waals surface area contributed by atoms with Crippen LogP contribution in [0.15, 0.2) is 11.4 Å². The maximum Gasteiger partial charge on any atom is 0.314 e. The van der Waals surface area contributed by atoms with Gasteiger partial charge in [0.05, 0.1) is 11.4 Å². The predicted octanol–water partition coefficient (Wildman–Crippen LogP) is 1.81. The van der Waals surface area contributed by atoms with Gasteiger partial charge in [0.25, 0.3) is 0 Å². The van der Waals surface area contributed by atoms with Gasteiger partial charge in [-0.2, -0.15) is 5.10 Å². The molecule has 20 heavy (non-hydrogen) atoms. The van der Waals surface area contributed by atoms with E-state index in [1.54, 1.807) is 11.3 Å². The molecule has 0 saturated heterocycles. The van der Waals surface area contributed by atoms with Crippen LogP contribution in [0.2, 0.25) is 0 Å². The van der Waals surface area contributed by atoms with Crippen molar-refractivity contribution in [3.05, 3.63) is 28.5 Å². The standard InChI is InChI=1S/C13H19N5OS/c1-4-14-12(19)15-6-5-11-8-20-13(16-11)18-10(3)7-9(2)17-18/h7-8H,4-6H2,1-3H3,(H2,14,15,19). The van der Waals surface area contributed by atoms with Crippen LogP contribution in [-0.2, 0) is 6.42 Å². The normalized spacial score (nSPS) is 10.6. The number of rotatable bonds is 5. The lowest BCUT2D eigenvalue weighted by molar-refractivity contribution is 0.241. The quantitative estimate of drug-likeness (QED) is 0.883. The highest BCUT2D eigenvalue weighted by Gasteiger charge is 2.08. The minimum absolute atomic E-state index is 0.138. The van der Waals surface area contributed by atoms with E-state index < -0.39 is 0 Å². The van der Waals surface area contributed by atoms with Gasteiger partial charge in [0.1, 0.15) is 0 Å². The van der Waals surface area contributed by atoms with Crippen molar-refractivity contribution >= 4 is 17.4 Å². The molecule has 0 unspecified atom stereocenters. The van der Waals surface area contributed by atoms with Gasteiger partial charge >= 0.3 is 6.03 Å². The first kappa shape index (κ1) is 14.5. The molecular weight excluding hydrogens is 274 g/mol. The Morgan fingerprint density at radius 1 is 1.40 bits per heavy atom. The number of carbonyl (C=O) groups excluding carboxylic acids is 1. The van der Waals surface area contributed by atoms with Crippen molar-refractivity contribution in [3.63, 3.8) is 0 Å². The van der Waals surface area contributed by atoms with E-state index in [0.717, 1.165) is 22.2 Å². The number of aromatic nitrogens is 3. The Kier molecular flexibility index (Phi) is 4.73. The highest BCUT2D eigenvalue weighted by atomic mass is 32.1. The molecular formula is C13H19N5OS. The van der Waals surface area contributed by atoms with E-state index in [2.05, 4.69) is 20.7 Å². The van der Waals surface area contributed by atoms with Gasteiger partial charge in [0.2, 0.25) is 5.13 Å². The third-order valence-electron chi connectivity index (χ3n) is 2.73. The summed E-state index contributed by atoms with van der Waals surface area (Å²) in [6, 6.07) is 1.89. The van der Waals surface area contributed by atoms with Crippen LogP contribution in [0, 0.1) is 13.8 Å². The minimum atomic E-state index is -0.138. The first-order chi connectivity index (χ1) is 9.60. The highest BCUT2D eigenvalue weighted by Crippen LogP contribution is 2.17. The van der Waals surface area contributed by atoms with Gasteiger partial charge in [-0.15, -0.1) is 11.3 Å². The number of urea groups is 1. The van der Waals surface area contributed by atoms with Crippen molar-refractivity contribution in [2.45, 2.75) is 27.2 Å². The summed E-state index contributed by atoms with van der Waals surface area (Å²) in [6.45, 7) is 7.07. The van der Waals surface area contributed by atoms with Crippen molar-refractivity contribution in [2.75, 3.05) is 13.1 Å². The molecule has 0 saturated carbocycles. The maximum atomic E-state index is 11.3. The van der Waals surface area contributed by atoms with Gasteiger partial charge in [-0.3, -0.25) is 0 Å². The number of aryl methyl sites for hydroxylation is 2. The molecule has 2 amide bonds. The summed E-state index contributed by atoms with van der Waals surface area (Å²) in [5.41, 5.74) is 3.02. The second-order valence-electron chi connectivity index (χ2n) is 4.50. The zero-order chi connectivity index (χ0) is 14.5. The molecule has 0 aliphatic heterocycles. The van der Waals surface area contributed by atoms with E-state index >= 15 is 0 Å². The molecule has 0 atom stereocenters. The zero-order valence-corrected chi connectivity index (χ0v) is 12.8. The molecule has 0 aliphatic carbocycles. The number of hydrogen-bond acceptors (Lipinski definition) is 4. The number of nitrogens with zero attached hydrogens (tertiary/aromatic N) is 3. The summed E-state index contributed by atoms with van der Waals surface area (Å²) in [5.74, 6) is 0. The van der Waals surface area contributed by atoms with E-state index in [1.807, 2.05) is 36.9 Å². The van der Waals surface area contributed by atoms with Gasteiger partial charge in [-0.1, -0.05) is 0 Å².